The smallest absolute Gasteiger partial charge is 0.325 e. The van der Waals surface area contributed by atoms with Crippen LogP contribution in [0.15, 0.2) is 84.9 Å². The van der Waals surface area contributed by atoms with Gasteiger partial charge in [0, 0.05) is 26.2 Å². The molecule has 2 fully saturated rings. The van der Waals surface area contributed by atoms with E-state index < -0.39 is 11.6 Å². The van der Waals surface area contributed by atoms with Gasteiger partial charge in [-0.25, -0.2) is 4.79 Å². The molecule has 188 valence electrons. The Labute approximate surface area is 216 Å². The highest BCUT2D eigenvalue weighted by Gasteiger charge is 2.55. The predicted molar refractivity (Wildman–Crippen MR) is 140 cm³/mol. The van der Waals surface area contributed by atoms with Crippen LogP contribution in [0, 0.1) is 0 Å². The van der Waals surface area contributed by atoms with E-state index in [-0.39, 0.29) is 24.4 Å². The summed E-state index contributed by atoms with van der Waals surface area (Å²) in [6.07, 6.45) is 1.26. The van der Waals surface area contributed by atoms with Gasteiger partial charge in [0.25, 0.3) is 5.91 Å². The van der Waals surface area contributed by atoms with Gasteiger partial charge in [0.2, 0.25) is 5.91 Å². The van der Waals surface area contributed by atoms with E-state index in [9.17, 15) is 14.4 Å². The van der Waals surface area contributed by atoms with Crippen molar-refractivity contribution in [3.63, 3.8) is 0 Å². The number of urea groups is 1. The minimum atomic E-state index is -1.04. The maximum absolute atomic E-state index is 13.4. The molecule has 7 heteroatoms. The maximum Gasteiger partial charge on any atom is 0.325 e. The molecule has 1 atom stereocenters. The van der Waals surface area contributed by atoms with E-state index in [1.807, 2.05) is 36.4 Å². The number of nitrogens with zero attached hydrogens (tertiary/aromatic N) is 3. The third-order valence-electron chi connectivity index (χ3n) is 7.98. The highest BCUT2D eigenvalue weighted by atomic mass is 16.2. The Balaban J connectivity index is 1.13. The number of fused-ring (bicyclic) bond motifs is 2. The first-order valence-electron chi connectivity index (χ1n) is 12.9. The van der Waals surface area contributed by atoms with Crippen LogP contribution in [0.3, 0.4) is 0 Å². The van der Waals surface area contributed by atoms with Crippen molar-refractivity contribution < 1.29 is 14.4 Å². The zero-order valence-corrected chi connectivity index (χ0v) is 20.7. The van der Waals surface area contributed by atoms with Crippen LogP contribution in [0.5, 0.6) is 0 Å². The number of rotatable bonds is 5. The topological polar surface area (TPSA) is 73.0 Å². The zero-order chi connectivity index (χ0) is 25.4. The Morgan fingerprint density at radius 1 is 0.811 bits per heavy atom. The van der Waals surface area contributed by atoms with E-state index in [1.54, 1.807) is 4.90 Å². The molecule has 0 bridgehead atoms. The quantitative estimate of drug-likeness (QED) is 0.553. The fraction of sp³-hybridized carbons (Fsp3) is 0.300. The van der Waals surface area contributed by atoms with Crippen LogP contribution in [0.25, 0.3) is 0 Å². The monoisotopic (exact) mass is 494 g/mol. The summed E-state index contributed by atoms with van der Waals surface area (Å²) >= 11 is 0. The van der Waals surface area contributed by atoms with E-state index in [4.69, 9.17) is 0 Å². The van der Waals surface area contributed by atoms with Crippen LogP contribution >= 0.6 is 0 Å². The SMILES string of the molecule is O=C(CN1C(=O)NC2(CCc3ccccc32)C1=O)N1CCN(C(c2ccccc2)c2ccccc2)CC1. The fourth-order valence-corrected chi connectivity index (χ4v) is 6.08. The second-order valence-electron chi connectivity index (χ2n) is 10.0. The molecule has 3 aliphatic rings. The fourth-order valence-electron chi connectivity index (χ4n) is 6.08. The lowest BCUT2D eigenvalue weighted by molar-refractivity contribution is -0.140. The van der Waals surface area contributed by atoms with Crippen molar-refractivity contribution in [3.05, 3.63) is 107 Å². The molecule has 2 saturated heterocycles. The van der Waals surface area contributed by atoms with Crippen molar-refractivity contribution in [1.29, 1.82) is 0 Å². The first-order chi connectivity index (χ1) is 18.1. The van der Waals surface area contributed by atoms with Crippen LogP contribution in [-0.2, 0) is 21.5 Å². The lowest BCUT2D eigenvalue weighted by atomic mass is 9.92. The first-order valence-corrected chi connectivity index (χ1v) is 12.9. The lowest BCUT2D eigenvalue weighted by Crippen LogP contribution is -2.52. The Morgan fingerprint density at radius 3 is 2.05 bits per heavy atom. The average Bonchev–Trinajstić information content (AvgIpc) is 3.43. The van der Waals surface area contributed by atoms with Gasteiger partial charge in [-0.1, -0.05) is 84.9 Å². The molecule has 2 heterocycles. The second kappa shape index (κ2) is 9.48. The van der Waals surface area contributed by atoms with Crippen molar-refractivity contribution in [2.45, 2.75) is 24.4 Å². The Bertz CT molecular complexity index is 1280. The van der Waals surface area contributed by atoms with Gasteiger partial charge in [-0.2, -0.15) is 0 Å². The van der Waals surface area contributed by atoms with Crippen LogP contribution < -0.4 is 5.32 Å². The van der Waals surface area contributed by atoms with E-state index >= 15 is 0 Å². The standard InChI is InChI=1S/C30H30N4O3/c35-26(21-34-28(36)30(31-29(34)37)16-15-22-9-7-8-14-25(22)30)32-17-19-33(20-18-32)27(23-10-3-1-4-11-23)24-12-5-2-6-13-24/h1-14,27H,15-21H2,(H,31,37). The van der Waals surface area contributed by atoms with E-state index in [2.05, 4.69) is 58.7 Å². The Kier molecular flexibility index (Phi) is 6.00. The van der Waals surface area contributed by atoms with Crippen LogP contribution in [-0.4, -0.2) is 65.3 Å². The molecular formula is C30H30N4O3. The van der Waals surface area contributed by atoms with Crippen molar-refractivity contribution in [2.75, 3.05) is 32.7 Å². The second-order valence-corrected chi connectivity index (χ2v) is 10.0. The molecule has 3 aromatic carbocycles. The van der Waals surface area contributed by atoms with Gasteiger partial charge in [0.15, 0.2) is 0 Å². The number of nitrogens with one attached hydrogen (secondary N) is 1. The third-order valence-corrected chi connectivity index (χ3v) is 7.98. The summed E-state index contributed by atoms with van der Waals surface area (Å²) in [6.45, 7) is 2.28. The summed E-state index contributed by atoms with van der Waals surface area (Å²) in [6, 6.07) is 28.2. The average molecular weight is 495 g/mol. The number of aryl methyl sites for hydroxylation is 1. The molecule has 1 unspecified atom stereocenters. The number of amides is 4. The molecule has 2 aliphatic heterocycles. The highest BCUT2D eigenvalue weighted by Crippen LogP contribution is 2.41. The molecular weight excluding hydrogens is 464 g/mol. The van der Waals surface area contributed by atoms with Crippen molar-refractivity contribution in [2.24, 2.45) is 0 Å². The summed E-state index contributed by atoms with van der Waals surface area (Å²) in [5.74, 6) is -0.509. The van der Waals surface area contributed by atoms with Crippen molar-refractivity contribution in [1.82, 2.24) is 20.0 Å². The van der Waals surface area contributed by atoms with Crippen LogP contribution in [0.4, 0.5) is 4.79 Å². The number of carbonyl (C=O) groups excluding carboxylic acids is 3. The third kappa shape index (κ3) is 4.09. The van der Waals surface area contributed by atoms with Gasteiger partial charge in [-0.15, -0.1) is 0 Å². The summed E-state index contributed by atoms with van der Waals surface area (Å²) in [5.41, 5.74) is 3.33. The zero-order valence-electron chi connectivity index (χ0n) is 20.7. The summed E-state index contributed by atoms with van der Waals surface area (Å²) in [4.78, 5) is 44.8. The predicted octanol–water partition coefficient (Wildman–Crippen LogP) is 3.31. The van der Waals surface area contributed by atoms with Crippen molar-refractivity contribution >= 4 is 17.8 Å². The molecule has 1 N–H and O–H groups in total. The summed E-state index contributed by atoms with van der Waals surface area (Å²) in [7, 11) is 0. The summed E-state index contributed by atoms with van der Waals surface area (Å²) in [5, 5.41) is 2.91. The largest absolute Gasteiger partial charge is 0.339 e. The van der Waals surface area contributed by atoms with Crippen molar-refractivity contribution in [3.8, 4) is 0 Å². The number of hydrogen-bond acceptors (Lipinski definition) is 4. The molecule has 0 saturated carbocycles. The molecule has 4 amide bonds. The summed E-state index contributed by atoms with van der Waals surface area (Å²) < 4.78 is 0. The van der Waals surface area contributed by atoms with Gasteiger partial charge >= 0.3 is 6.03 Å². The molecule has 0 radical (unpaired) electrons. The van der Waals surface area contributed by atoms with E-state index in [0.717, 1.165) is 22.4 Å². The van der Waals surface area contributed by atoms with E-state index in [0.29, 0.717) is 32.6 Å². The number of benzene rings is 3. The van der Waals surface area contributed by atoms with Gasteiger partial charge < -0.3 is 10.2 Å². The van der Waals surface area contributed by atoms with Gasteiger partial charge in [-0.3, -0.25) is 19.4 Å². The minimum Gasteiger partial charge on any atom is -0.339 e. The first kappa shape index (κ1) is 23.4. The lowest BCUT2D eigenvalue weighted by Gasteiger charge is -2.40. The Morgan fingerprint density at radius 2 is 1.41 bits per heavy atom. The molecule has 6 rings (SSSR count). The number of hydrogen-bond donors (Lipinski definition) is 1. The normalized spacial score (nSPS) is 21.5. The van der Waals surface area contributed by atoms with Crippen LogP contribution in [0.2, 0.25) is 0 Å². The van der Waals surface area contributed by atoms with Gasteiger partial charge in [-0.05, 0) is 35.1 Å². The molecule has 7 nitrogen and oxygen atoms in total. The van der Waals surface area contributed by atoms with Gasteiger partial charge in [0.05, 0.1) is 6.04 Å². The maximum atomic E-state index is 13.4. The van der Waals surface area contributed by atoms with Gasteiger partial charge in [0.1, 0.15) is 12.1 Å². The molecule has 1 aliphatic carbocycles. The minimum absolute atomic E-state index is 0.105. The Hall–Kier alpha value is -3.97. The van der Waals surface area contributed by atoms with E-state index in [1.165, 1.54) is 11.1 Å². The molecule has 3 aromatic rings. The van der Waals surface area contributed by atoms with Crippen LogP contribution in [0.1, 0.15) is 34.7 Å². The molecule has 0 aromatic heterocycles. The number of carbonyl (C=O) groups is 3. The highest BCUT2D eigenvalue weighted by molar-refractivity contribution is 6.09. The number of imide groups is 1. The molecule has 1 spiro atoms. The number of piperazine rings is 1. The molecule has 37 heavy (non-hydrogen) atoms.